The molecule has 3 N–H and O–H groups in total. The number of halogens is 2. The van der Waals surface area contributed by atoms with Crippen LogP contribution in [0.5, 0.6) is 0 Å². The molecule has 1 aromatic heterocycles. The highest BCUT2D eigenvalue weighted by Crippen LogP contribution is 2.38. The molecule has 0 saturated heterocycles. The lowest BCUT2D eigenvalue weighted by molar-refractivity contribution is 0.153. The minimum Gasteiger partial charge on any atom is -0.369 e. The van der Waals surface area contributed by atoms with E-state index in [4.69, 9.17) is 11.6 Å². The first kappa shape index (κ1) is 29.6. The van der Waals surface area contributed by atoms with Crippen LogP contribution in [0.4, 0.5) is 16.2 Å². The second-order valence-electron chi connectivity index (χ2n) is 11.7. The van der Waals surface area contributed by atoms with Gasteiger partial charge in [-0.2, -0.15) is 10.2 Å². The van der Waals surface area contributed by atoms with Crippen molar-refractivity contribution in [2.45, 2.75) is 90.4 Å². The highest BCUT2D eigenvalue weighted by atomic mass is 35.5. The SMILES string of the molecule is CCCC1C[C@@H](CNc2nc(NCc3ccccc3Cl)ncc2C#N)C[C@H]([C@H](C)NCC2CCC(F)CC2)C1. The smallest absolute Gasteiger partial charge is 0.224 e. The Morgan fingerprint density at radius 1 is 1.05 bits per heavy atom. The van der Waals surface area contributed by atoms with Crippen LogP contribution in [0.25, 0.3) is 0 Å². The van der Waals surface area contributed by atoms with E-state index in [-0.39, 0.29) is 0 Å². The number of alkyl halides is 1. The molecule has 0 aliphatic heterocycles. The Balaban J connectivity index is 1.34. The molecule has 0 amide bonds. The zero-order chi connectivity index (χ0) is 27.6. The maximum absolute atomic E-state index is 13.5. The molecular weight excluding hydrogens is 511 g/mol. The minimum absolute atomic E-state index is 0.449. The predicted octanol–water partition coefficient (Wildman–Crippen LogP) is 7.36. The number of nitrogens with one attached hydrogen (secondary N) is 3. The molecule has 2 fully saturated rings. The van der Waals surface area contributed by atoms with Gasteiger partial charge in [0.1, 0.15) is 23.6 Å². The molecule has 39 heavy (non-hydrogen) atoms. The highest BCUT2D eigenvalue weighted by Gasteiger charge is 2.32. The summed E-state index contributed by atoms with van der Waals surface area (Å²) in [5.74, 6) is 3.52. The van der Waals surface area contributed by atoms with Gasteiger partial charge in [-0.05, 0) is 93.7 Å². The second-order valence-corrected chi connectivity index (χ2v) is 12.1. The van der Waals surface area contributed by atoms with Crippen LogP contribution in [0.3, 0.4) is 0 Å². The van der Waals surface area contributed by atoms with Crippen LogP contribution >= 0.6 is 11.6 Å². The summed E-state index contributed by atoms with van der Waals surface area (Å²) in [7, 11) is 0. The van der Waals surface area contributed by atoms with Crippen LogP contribution in [-0.2, 0) is 6.54 Å². The van der Waals surface area contributed by atoms with Crippen LogP contribution in [0, 0.1) is 35.0 Å². The Bertz CT molecular complexity index is 1080. The Hall–Kier alpha value is -2.43. The molecule has 212 valence electrons. The zero-order valence-corrected chi connectivity index (χ0v) is 24.2. The second kappa shape index (κ2) is 14.8. The molecule has 8 heteroatoms. The van der Waals surface area contributed by atoms with E-state index in [9.17, 15) is 9.65 Å². The lowest BCUT2D eigenvalue weighted by Gasteiger charge is -2.39. The Morgan fingerprint density at radius 2 is 1.82 bits per heavy atom. The fourth-order valence-electron chi connectivity index (χ4n) is 6.42. The summed E-state index contributed by atoms with van der Waals surface area (Å²) in [6, 6.07) is 10.4. The van der Waals surface area contributed by atoms with Crippen molar-refractivity contribution < 1.29 is 4.39 Å². The van der Waals surface area contributed by atoms with Crippen LogP contribution in [0.15, 0.2) is 30.5 Å². The first-order valence-corrected chi connectivity index (χ1v) is 15.2. The van der Waals surface area contributed by atoms with Gasteiger partial charge in [0.05, 0.1) is 6.20 Å². The van der Waals surface area contributed by atoms with Crippen molar-refractivity contribution in [3.63, 3.8) is 0 Å². The molecule has 6 nitrogen and oxygen atoms in total. The van der Waals surface area contributed by atoms with Crippen LogP contribution in [0.1, 0.15) is 82.8 Å². The van der Waals surface area contributed by atoms with Gasteiger partial charge >= 0.3 is 0 Å². The quantitative estimate of drug-likeness (QED) is 0.254. The Morgan fingerprint density at radius 3 is 2.56 bits per heavy atom. The number of nitrogens with zero attached hydrogens (tertiary/aromatic N) is 3. The lowest BCUT2D eigenvalue weighted by atomic mass is 9.71. The van der Waals surface area contributed by atoms with Gasteiger partial charge in [0.15, 0.2) is 0 Å². The normalized spacial score (nSPS) is 26.0. The van der Waals surface area contributed by atoms with E-state index in [1.165, 1.54) is 25.7 Å². The minimum atomic E-state index is -0.592. The monoisotopic (exact) mass is 554 g/mol. The molecule has 1 aromatic carbocycles. The van der Waals surface area contributed by atoms with Gasteiger partial charge in [-0.25, -0.2) is 9.37 Å². The van der Waals surface area contributed by atoms with Gasteiger partial charge in [0.2, 0.25) is 5.95 Å². The summed E-state index contributed by atoms with van der Waals surface area (Å²) in [6.45, 7) is 6.91. The number of aromatic nitrogens is 2. The average Bonchev–Trinajstić information content (AvgIpc) is 2.95. The molecule has 2 aliphatic carbocycles. The third-order valence-electron chi connectivity index (χ3n) is 8.71. The van der Waals surface area contributed by atoms with Gasteiger partial charge in [-0.15, -0.1) is 0 Å². The van der Waals surface area contributed by atoms with E-state index < -0.39 is 6.17 Å². The molecule has 4 rings (SSSR count). The number of nitriles is 1. The predicted molar refractivity (Wildman–Crippen MR) is 158 cm³/mol. The molecule has 4 atom stereocenters. The van der Waals surface area contributed by atoms with Gasteiger partial charge < -0.3 is 16.0 Å². The maximum Gasteiger partial charge on any atom is 0.224 e. The van der Waals surface area contributed by atoms with E-state index in [0.717, 1.165) is 56.7 Å². The first-order chi connectivity index (χ1) is 18.9. The lowest BCUT2D eigenvalue weighted by Crippen LogP contribution is -2.41. The zero-order valence-electron chi connectivity index (χ0n) is 23.4. The summed E-state index contributed by atoms with van der Waals surface area (Å²) in [6.07, 6.45) is 10.5. The topological polar surface area (TPSA) is 85.7 Å². The number of rotatable bonds is 12. The van der Waals surface area contributed by atoms with Crippen molar-refractivity contribution >= 4 is 23.4 Å². The molecule has 2 saturated carbocycles. The largest absolute Gasteiger partial charge is 0.369 e. The molecule has 2 aliphatic rings. The van der Waals surface area contributed by atoms with Crippen LogP contribution in [-0.4, -0.2) is 35.3 Å². The number of hydrogen-bond donors (Lipinski definition) is 3. The van der Waals surface area contributed by atoms with Crippen LogP contribution < -0.4 is 16.0 Å². The number of anilines is 2. The summed E-state index contributed by atoms with van der Waals surface area (Å²) in [4.78, 5) is 8.96. The van der Waals surface area contributed by atoms with E-state index in [2.05, 4.69) is 45.8 Å². The van der Waals surface area contributed by atoms with Gasteiger partial charge in [0.25, 0.3) is 0 Å². The van der Waals surface area contributed by atoms with Gasteiger partial charge in [-0.1, -0.05) is 49.6 Å². The summed E-state index contributed by atoms with van der Waals surface area (Å²) >= 11 is 6.28. The van der Waals surface area contributed by atoms with Crippen molar-refractivity contribution in [3.05, 3.63) is 46.6 Å². The molecule has 1 heterocycles. The van der Waals surface area contributed by atoms with Gasteiger partial charge in [-0.3, -0.25) is 0 Å². The number of hydrogen-bond acceptors (Lipinski definition) is 6. The summed E-state index contributed by atoms with van der Waals surface area (Å²) in [5, 5.41) is 20.9. The third-order valence-corrected chi connectivity index (χ3v) is 9.08. The maximum atomic E-state index is 13.5. The van der Waals surface area contributed by atoms with Crippen molar-refractivity contribution in [3.8, 4) is 6.07 Å². The Labute approximate surface area is 238 Å². The summed E-state index contributed by atoms with van der Waals surface area (Å²) in [5.41, 5.74) is 1.42. The fourth-order valence-corrected chi connectivity index (χ4v) is 6.62. The highest BCUT2D eigenvalue weighted by molar-refractivity contribution is 6.31. The van der Waals surface area contributed by atoms with E-state index in [0.29, 0.717) is 52.7 Å². The first-order valence-electron chi connectivity index (χ1n) is 14.8. The molecule has 2 aromatic rings. The fraction of sp³-hybridized carbons (Fsp3) is 0.645. The van der Waals surface area contributed by atoms with E-state index in [1.807, 2.05) is 24.3 Å². The van der Waals surface area contributed by atoms with Crippen molar-refractivity contribution in [2.75, 3.05) is 23.7 Å². The van der Waals surface area contributed by atoms with Crippen molar-refractivity contribution in [1.29, 1.82) is 5.26 Å². The molecule has 0 spiro atoms. The summed E-state index contributed by atoms with van der Waals surface area (Å²) < 4.78 is 13.5. The third kappa shape index (κ3) is 8.78. The van der Waals surface area contributed by atoms with Crippen molar-refractivity contribution in [1.82, 2.24) is 15.3 Å². The molecule has 1 unspecified atom stereocenters. The van der Waals surface area contributed by atoms with E-state index in [1.54, 1.807) is 6.20 Å². The van der Waals surface area contributed by atoms with Gasteiger partial charge in [0, 0.05) is 24.2 Å². The van der Waals surface area contributed by atoms with Crippen LogP contribution in [0.2, 0.25) is 5.02 Å². The van der Waals surface area contributed by atoms with Crippen molar-refractivity contribution in [2.24, 2.45) is 23.7 Å². The molecular formula is C31H44ClFN6. The molecule has 0 bridgehead atoms. The molecule has 0 radical (unpaired) electrons. The standard InChI is InChI=1S/C31H44ClFN6/c1-3-6-23-13-24(15-26(14-23)21(2)35-17-22-9-11-28(33)12-10-22)18-36-30-27(16-34)20-38-31(39-30)37-19-25-7-4-5-8-29(25)32/h4-5,7-8,20-24,26,28,35H,3,6,9-15,17-19H2,1-2H3,(H2,36,37,38,39)/t21-,22?,23?,24+,26+,28?/m0/s1. The Kier molecular flexibility index (Phi) is 11.2. The average molecular weight is 555 g/mol. The van der Waals surface area contributed by atoms with E-state index >= 15 is 0 Å². The number of benzene rings is 1.